The number of carbonyl (C=O) groups excluding carboxylic acids is 2. The van der Waals surface area contributed by atoms with E-state index in [0.717, 1.165) is 22.2 Å². The zero-order valence-electron chi connectivity index (χ0n) is 18.8. The minimum Gasteiger partial charge on any atom is -0.497 e. The molecule has 2 amide bonds. The summed E-state index contributed by atoms with van der Waals surface area (Å²) in [5, 5.41) is 2.88. The normalized spacial score (nSPS) is 11.7. The van der Waals surface area contributed by atoms with Crippen LogP contribution >= 0.6 is 15.9 Å². The third-order valence-electron chi connectivity index (χ3n) is 4.87. The van der Waals surface area contributed by atoms with Gasteiger partial charge in [0, 0.05) is 12.6 Å². The van der Waals surface area contributed by atoms with Crippen LogP contribution in [-0.4, -0.2) is 42.5 Å². The van der Waals surface area contributed by atoms with E-state index < -0.39 is 6.04 Å². The van der Waals surface area contributed by atoms with Gasteiger partial charge in [0.15, 0.2) is 6.61 Å². The Bertz CT molecular complexity index is 884. The van der Waals surface area contributed by atoms with Crippen LogP contribution in [0.5, 0.6) is 11.5 Å². The molecule has 1 atom stereocenters. The molecule has 0 saturated carbocycles. The van der Waals surface area contributed by atoms with Crippen LogP contribution in [0.3, 0.4) is 0 Å². The van der Waals surface area contributed by atoms with Crippen molar-refractivity contribution in [2.24, 2.45) is 0 Å². The number of ether oxygens (including phenoxy) is 2. The number of aryl methyl sites for hydroxylation is 1. The van der Waals surface area contributed by atoms with Crippen molar-refractivity contribution in [3.8, 4) is 11.5 Å². The maximum absolute atomic E-state index is 13.1. The van der Waals surface area contributed by atoms with Gasteiger partial charge in [-0.05, 0) is 78.5 Å². The summed E-state index contributed by atoms with van der Waals surface area (Å²) in [6, 6.07) is 12.6. The Morgan fingerprint density at radius 2 is 1.71 bits per heavy atom. The molecule has 1 N–H and O–H groups in total. The Balaban J connectivity index is 2.17. The van der Waals surface area contributed by atoms with Crippen LogP contribution < -0.4 is 14.8 Å². The van der Waals surface area contributed by atoms with Crippen LogP contribution in [-0.2, 0) is 22.6 Å². The summed E-state index contributed by atoms with van der Waals surface area (Å²) >= 11 is 3.50. The smallest absolute Gasteiger partial charge is 0.261 e. The molecule has 31 heavy (non-hydrogen) atoms. The molecule has 0 saturated heterocycles. The van der Waals surface area contributed by atoms with Gasteiger partial charge in [0.05, 0.1) is 11.6 Å². The van der Waals surface area contributed by atoms with E-state index in [4.69, 9.17) is 9.47 Å². The van der Waals surface area contributed by atoms with E-state index in [0.29, 0.717) is 5.75 Å². The topological polar surface area (TPSA) is 67.9 Å². The first-order chi connectivity index (χ1) is 14.7. The molecular weight excluding hydrogens is 460 g/mol. The van der Waals surface area contributed by atoms with Crippen molar-refractivity contribution < 1.29 is 19.1 Å². The number of hydrogen-bond acceptors (Lipinski definition) is 4. The number of carbonyl (C=O) groups is 2. The Morgan fingerprint density at radius 3 is 2.26 bits per heavy atom. The SMILES string of the molecule is CCc1ccc(OCC(=O)N(Cc2ccc(OC)cc2)C(C)C(=O)NC(C)C)c(Br)c1. The molecule has 2 aromatic carbocycles. The molecule has 0 spiro atoms. The molecule has 2 aromatic rings. The molecule has 0 aliphatic rings. The molecule has 0 radical (unpaired) electrons. The van der Waals surface area contributed by atoms with Crippen LogP contribution in [0.2, 0.25) is 0 Å². The molecule has 6 nitrogen and oxygen atoms in total. The minimum atomic E-state index is -0.647. The van der Waals surface area contributed by atoms with Crippen molar-refractivity contribution in [3.05, 3.63) is 58.1 Å². The second-order valence-electron chi connectivity index (χ2n) is 7.62. The Kier molecular flexibility index (Phi) is 9.37. The summed E-state index contributed by atoms with van der Waals surface area (Å²) in [7, 11) is 1.60. The van der Waals surface area contributed by atoms with Gasteiger partial charge in [-0.2, -0.15) is 0 Å². The number of nitrogens with one attached hydrogen (secondary N) is 1. The van der Waals surface area contributed by atoms with Gasteiger partial charge >= 0.3 is 0 Å². The van der Waals surface area contributed by atoms with Crippen LogP contribution in [0.4, 0.5) is 0 Å². The maximum Gasteiger partial charge on any atom is 0.261 e. The van der Waals surface area contributed by atoms with Gasteiger partial charge in [0.1, 0.15) is 17.5 Å². The van der Waals surface area contributed by atoms with Crippen LogP contribution in [0.15, 0.2) is 46.9 Å². The van der Waals surface area contributed by atoms with Crippen molar-refractivity contribution in [1.29, 1.82) is 0 Å². The standard InChI is InChI=1S/C24H31BrN2O4/c1-6-18-9-12-22(21(25)13-18)31-15-23(28)27(17(4)24(29)26-16(2)3)14-19-7-10-20(30-5)11-8-19/h7-13,16-17H,6,14-15H2,1-5H3,(H,26,29). The molecular formula is C24H31BrN2O4. The average Bonchev–Trinajstić information content (AvgIpc) is 2.75. The zero-order chi connectivity index (χ0) is 23.0. The third kappa shape index (κ3) is 7.28. The summed E-state index contributed by atoms with van der Waals surface area (Å²) in [6.45, 7) is 7.70. The second kappa shape index (κ2) is 11.7. The van der Waals surface area contributed by atoms with Crippen molar-refractivity contribution in [3.63, 3.8) is 0 Å². The Labute approximate surface area is 193 Å². The van der Waals surface area contributed by atoms with Gasteiger partial charge in [-0.3, -0.25) is 9.59 Å². The van der Waals surface area contributed by atoms with Crippen molar-refractivity contribution in [2.45, 2.75) is 52.7 Å². The van der Waals surface area contributed by atoms with E-state index >= 15 is 0 Å². The molecule has 0 aliphatic carbocycles. The maximum atomic E-state index is 13.1. The highest BCUT2D eigenvalue weighted by Gasteiger charge is 2.27. The number of methoxy groups -OCH3 is 1. The predicted octanol–water partition coefficient (Wildman–Crippen LogP) is 4.34. The molecule has 7 heteroatoms. The fraction of sp³-hybridized carbons (Fsp3) is 0.417. The highest BCUT2D eigenvalue weighted by atomic mass is 79.9. The first-order valence-corrected chi connectivity index (χ1v) is 11.2. The van der Waals surface area contributed by atoms with Crippen LogP contribution in [0.25, 0.3) is 0 Å². The molecule has 2 rings (SSSR count). The highest BCUT2D eigenvalue weighted by Crippen LogP contribution is 2.26. The van der Waals surface area contributed by atoms with Crippen molar-refractivity contribution in [2.75, 3.05) is 13.7 Å². The van der Waals surface area contributed by atoms with E-state index in [1.165, 1.54) is 10.5 Å². The summed E-state index contributed by atoms with van der Waals surface area (Å²) in [4.78, 5) is 27.2. The molecule has 0 bridgehead atoms. The van der Waals surface area contributed by atoms with Gasteiger partial charge in [0.2, 0.25) is 5.91 Å². The van der Waals surface area contributed by atoms with Gasteiger partial charge in [-0.15, -0.1) is 0 Å². The Morgan fingerprint density at radius 1 is 1.06 bits per heavy atom. The van der Waals surface area contributed by atoms with Crippen LogP contribution in [0.1, 0.15) is 38.8 Å². The zero-order valence-corrected chi connectivity index (χ0v) is 20.4. The number of nitrogens with zero attached hydrogens (tertiary/aromatic N) is 1. The molecule has 168 valence electrons. The molecule has 1 unspecified atom stereocenters. The Hall–Kier alpha value is -2.54. The lowest BCUT2D eigenvalue weighted by Gasteiger charge is -2.29. The van der Waals surface area contributed by atoms with Crippen molar-refractivity contribution in [1.82, 2.24) is 10.2 Å². The lowest BCUT2D eigenvalue weighted by Crippen LogP contribution is -2.50. The minimum absolute atomic E-state index is 0.0165. The largest absolute Gasteiger partial charge is 0.497 e. The van der Waals surface area contributed by atoms with E-state index in [9.17, 15) is 9.59 Å². The molecule has 0 fully saturated rings. The molecule has 0 aliphatic heterocycles. The summed E-state index contributed by atoms with van der Waals surface area (Å²) in [5.74, 6) is 0.851. The summed E-state index contributed by atoms with van der Waals surface area (Å²) < 4.78 is 11.8. The lowest BCUT2D eigenvalue weighted by atomic mass is 10.1. The van der Waals surface area contributed by atoms with E-state index in [1.807, 2.05) is 56.3 Å². The van der Waals surface area contributed by atoms with Crippen molar-refractivity contribution >= 4 is 27.7 Å². The van der Waals surface area contributed by atoms with E-state index in [1.54, 1.807) is 14.0 Å². The highest BCUT2D eigenvalue weighted by molar-refractivity contribution is 9.10. The lowest BCUT2D eigenvalue weighted by molar-refractivity contribution is -0.142. The quantitative estimate of drug-likeness (QED) is 0.537. The number of amides is 2. The second-order valence-corrected chi connectivity index (χ2v) is 8.47. The number of hydrogen-bond donors (Lipinski definition) is 1. The first kappa shape index (κ1) is 24.7. The fourth-order valence-electron chi connectivity index (χ4n) is 3.02. The van der Waals surface area contributed by atoms with Gasteiger partial charge < -0.3 is 19.7 Å². The first-order valence-electron chi connectivity index (χ1n) is 10.4. The number of rotatable bonds is 10. The summed E-state index contributed by atoms with van der Waals surface area (Å²) in [5.41, 5.74) is 2.07. The van der Waals surface area contributed by atoms with E-state index in [-0.39, 0.29) is 31.0 Å². The monoisotopic (exact) mass is 490 g/mol. The summed E-state index contributed by atoms with van der Waals surface area (Å²) in [6.07, 6.45) is 0.913. The van der Waals surface area contributed by atoms with E-state index in [2.05, 4.69) is 28.2 Å². The number of benzene rings is 2. The fourth-order valence-corrected chi connectivity index (χ4v) is 3.56. The molecule has 0 heterocycles. The number of halogens is 1. The molecule has 0 aromatic heterocycles. The average molecular weight is 491 g/mol. The van der Waals surface area contributed by atoms with Gasteiger partial charge in [-0.1, -0.05) is 25.1 Å². The predicted molar refractivity (Wildman–Crippen MR) is 125 cm³/mol. The van der Waals surface area contributed by atoms with Gasteiger partial charge in [-0.25, -0.2) is 0 Å². The van der Waals surface area contributed by atoms with Gasteiger partial charge in [0.25, 0.3) is 5.91 Å². The third-order valence-corrected chi connectivity index (χ3v) is 5.49. The van der Waals surface area contributed by atoms with Crippen LogP contribution in [0, 0.1) is 0 Å².